The molecule has 0 aliphatic carbocycles. The molecule has 0 spiro atoms. The van der Waals surface area contributed by atoms with Crippen LogP contribution >= 0.6 is 0 Å². The number of aromatic nitrogens is 3. The van der Waals surface area contributed by atoms with E-state index in [0.29, 0.717) is 6.54 Å². The Morgan fingerprint density at radius 3 is 2.81 bits per heavy atom. The van der Waals surface area contributed by atoms with Gasteiger partial charge in [0.15, 0.2) is 0 Å². The molecular weight excluding hydrogens is 328 g/mol. The molecule has 1 amide bonds. The molecule has 1 N–H and O–H groups in total. The molecule has 0 saturated carbocycles. The molecule has 1 aliphatic heterocycles. The average Bonchev–Trinajstić information content (AvgIpc) is 3.37. The molecule has 26 heavy (non-hydrogen) atoms. The number of ether oxygens (including phenoxy) is 1. The molecule has 1 aliphatic rings. The Bertz CT molecular complexity index is 904. The minimum Gasteiger partial charge on any atom is -0.493 e. The molecule has 0 fully saturated rings. The van der Waals surface area contributed by atoms with Gasteiger partial charge in [0.05, 0.1) is 6.61 Å². The van der Waals surface area contributed by atoms with Crippen molar-refractivity contribution in [3.05, 3.63) is 66.2 Å². The lowest BCUT2D eigenvalue weighted by molar-refractivity contribution is -0.124. The van der Waals surface area contributed by atoms with Crippen LogP contribution in [0, 0.1) is 0 Å². The minimum atomic E-state index is -0.384. The summed E-state index contributed by atoms with van der Waals surface area (Å²) < 4.78 is 7.10. The molecular formula is C20H20N4O2. The summed E-state index contributed by atoms with van der Waals surface area (Å²) in [4.78, 5) is 16.1. The predicted octanol–water partition coefficient (Wildman–Crippen LogP) is 2.76. The standard InChI is InChI=1S/C20H20N4O2/c1-14(24-13-21-12-23-24)20(25)22-11-15-2-4-16(5-3-15)17-6-7-19-18(10-17)8-9-26-19/h2-7,10,12-14H,8-9,11H2,1H3,(H,22,25)/t14-/m1/s1. The monoisotopic (exact) mass is 348 g/mol. The number of nitrogens with one attached hydrogen (secondary N) is 1. The molecule has 0 bridgehead atoms. The lowest BCUT2D eigenvalue weighted by atomic mass is 10.0. The topological polar surface area (TPSA) is 69.0 Å². The van der Waals surface area contributed by atoms with Gasteiger partial charge in [0, 0.05) is 13.0 Å². The van der Waals surface area contributed by atoms with Gasteiger partial charge in [-0.1, -0.05) is 30.3 Å². The molecule has 1 aromatic heterocycles. The number of hydrogen-bond donors (Lipinski definition) is 1. The number of benzene rings is 2. The quantitative estimate of drug-likeness (QED) is 0.770. The van der Waals surface area contributed by atoms with Crippen LogP contribution in [-0.4, -0.2) is 27.3 Å². The highest BCUT2D eigenvalue weighted by atomic mass is 16.5. The lowest BCUT2D eigenvalue weighted by Gasteiger charge is -2.12. The molecule has 3 aromatic rings. The normalized spacial score (nSPS) is 13.7. The highest BCUT2D eigenvalue weighted by Crippen LogP contribution is 2.30. The van der Waals surface area contributed by atoms with Crippen molar-refractivity contribution in [1.82, 2.24) is 20.1 Å². The highest BCUT2D eigenvalue weighted by Gasteiger charge is 2.15. The van der Waals surface area contributed by atoms with Crippen molar-refractivity contribution in [2.75, 3.05) is 6.61 Å². The molecule has 2 aromatic carbocycles. The maximum absolute atomic E-state index is 12.2. The van der Waals surface area contributed by atoms with Crippen molar-refractivity contribution in [1.29, 1.82) is 0 Å². The molecule has 0 unspecified atom stereocenters. The van der Waals surface area contributed by atoms with Crippen LogP contribution in [0.5, 0.6) is 5.75 Å². The summed E-state index contributed by atoms with van der Waals surface area (Å²) in [6.07, 6.45) is 3.94. The SMILES string of the molecule is C[C@H](C(=O)NCc1ccc(-c2ccc3c(c2)CCO3)cc1)n1cncn1. The van der Waals surface area contributed by atoms with Crippen molar-refractivity contribution in [3.8, 4) is 16.9 Å². The van der Waals surface area contributed by atoms with Gasteiger partial charge in [-0.05, 0) is 41.3 Å². The molecule has 6 heteroatoms. The van der Waals surface area contributed by atoms with Crippen LogP contribution in [0.3, 0.4) is 0 Å². The zero-order valence-electron chi connectivity index (χ0n) is 14.6. The first-order chi connectivity index (χ1) is 12.7. The Hall–Kier alpha value is -3.15. The third kappa shape index (κ3) is 3.31. The van der Waals surface area contributed by atoms with E-state index < -0.39 is 0 Å². The summed E-state index contributed by atoms with van der Waals surface area (Å²) >= 11 is 0. The van der Waals surface area contributed by atoms with E-state index in [0.717, 1.165) is 29.9 Å². The highest BCUT2D eigenvalue weighted by molar-refractivity contribution is 5.79. The van der Waals surface area contributed by atoms with Crippen molar-refractivity contribution in [2.24, 2.45) is 0 Å². The molecule has 2 heterocycles. The lowest BCUT2D eigenvalue weighted by Crippen LogP contribution is -2.30. The molecule has 1 atom stereocenters. The smallest absolute Gasteiger partial charge is 0.244 e. The average molecular weight is 348 g/mol. The van der Waals surface area contributed by atoms with Crippen LogP contribution in [0.1, 0.15) is 24.1 Å². The Morgan fingerprint density at radius 1 is 1.23 bits per heavy atom. The summed E-state index contributed by atoms with van der Waals surface area (Å²) in [7, 11) is 0. The fraction of sp³-hybridized carbons (Fsp3) is 0.250. The molecule has 6 nitrogen and oxygen atoms in total. The van der Waals surface area contributed by atoms with Gasteiger partial charge in [-0.3, -0.25) is 4.79 Å². The second-order valence-corrected chi connectivity index (χ2v) is 6.39. The number of rotatable bonds is 5. The van der Waals surface area contributed by atoms with Gasteiger partial charge in [-0.2, -0.15) is 5.10 Å². The molecule has 4 rings (SSSR count). The maximum atomic E-state index is 12.2. The van der Waals surface area contributed by atoms with Gasteiger partial charge in [-0.15, -0.1) is 0 Å². The first-order valence-corrected chi connectivity index (χ1v) is 8.67. The van der Waals surface area contributed by atoms with Crippen LogP contribution in [-0.2, 0) is 17.8 Å². The number of hydrogen-bond acceptors (Lipinski definition) is 4. The molecule has 132 valence electrons. The second-order valence-electron chi connectivity index (χ2n) is 6.39. The van der Waals surface area contributed by atoms with E-state index in [-0.39, 0.29) is 11.9 Å². The van der Waals surface area contributed by atoms with Gasteiger partial charge in [0.2, 0.25) is 5.91 Å². The summed E-state index contributed by atoms with van der Waals surface area (Å²) in [5.41, 5.74) is 4.66. The fourth-order valence-electron chi connectivity index (χ4n) is 3.06. The third-order valence-electron chi connectivity index (χ3n) is 4.66. The van der Waals surface area contributed by atoms with Crippen LogP contribution in [0.25, 0.3) is 11.1 Å². The Balaban J connectivity index is 1.39. The van der Waals surface area contributed by atoms with Gasteiger partial charge < -0.3 is 10.1 Å². The molecule has 0 radical (unpaired) electrons. The Labute approximate surface area is 151 Å². The molecule has 0 saturated heterocycles. The van der Waals surface area contributed by atoms with Crippen LogP contribution in [0.4, 0.5) is 0 Å². The summed E-state index contributed by atoms with van der Waals surface area (Å²) in [5, 5.41) is 6.93. The first-order valence-electron chi connectivity index (χ1n) is 8.67. The van der Waals surface area contributed by atoms with E-state index in [1.54, 1.807) is 13.3 Å². The van der Waals surface area contributed by atoms with Gasteiger partial charge in [-0.25, -0.2) is 9.67 Å². The maximum Gasteiger partial charge on any atom is 0.244 e. The van der Waals surface area contributed by atoms with Crippen LogP contribution in [0.15, 0.2) is 55.1 Å². The summed E-state index contributed by atoms with van der Waals surface area (Å²) in [5.74, 6) is 0.910. The van der Waals surface area contributed by atoms with E-state index in [9.17, 15) is 4.79 Å². The van der Waals surface area contributed by atoms with Crippen LogP contribution < -0.4 is 10.1 Å². The zero-order chi connectivity index (χ0) is 17.9. The van der Waals surface area contributed by atoms with Crippen molar-refractivity contribution >= 4 is 5.91 Å². The summed E-state index contributed by atoms with van der Waals surface area (Å²) in [6, 6.07) is 14.2. The largest absolute Gasteiger partial charge is 0.493 e. The van der Waals surface area contributed by atoms with Crippen molar-refractivity contribution in [3.63, 3.8) is 0 Å². The zero-order valence-corrected chi connectivity index (χ0v) is 14.6. The number of fused-ring (bicyclic) bond motifs is 1. The number of nitrogens with zero attached hydrogens (tertiary/aromatic N) is 3. The van der Waals surface area contributed by atoms with E-state index in [4.69, 9.17) is 4.74 Å². The number of amides is 1. The first kappa shape index (κ1) is 16.3. The van der Waals surface area contributed by atoms with Gasteiger partial charge >= 0.3 is 0 Å². The van der Waals surface area contributed by atoms with Crippen LogP contribution in [0.2, 0.25) is 0 Å². The van der Waals surface area contributed by atoms with E-state index in [1.165, 1.54) is 22.1 Å². The predicted molar refractivity (Wildman–Crippen MR) is 97.7 cm³/mol. The van der Waals surface area contributed by atoms with E-state index in [1.807, 2.05) is 18.2 Å². The minimum absolute atomic E-state index is 0.0850. The van der Waals surface area contributed by atoms with Gasteiger partial charge in [0.1, 0.15) is 24.4 Å². The second kappa shape index (κ2) is 7.00. The number of carbonyl (C=O) groups excluding carboxylic acids is 1. The van der Waals surface area contributed by atoms with E-state index >= 15 is 0 Å². The van der Waals surface area contributed by atoms with Crippen molar-refractivity contribution < 1.29 is 9.53 Å². The van der Waals surface area contributed by atoms with Gasteiger partial charge in [0.25, 0.3) is 0 Å². The number of carbonyl (C=O) groups is 1. The Morgan fingerprint density at radius 2 is 2.04 bits per heavy atom. The third-order valence-corrected chi connectivity index (χ3v) is 4.66. The van der Waals surface area contributed by atoms with Crippen molar-refractivity contribution in [2.45, 2.75) is 25.9 Å². The summed E-state index contributed by atoms with van der Waals surface area (Å²) in [6.45, 7) is 3.05. The Kier molecular flexibility index (Phi) is 4.39. The fourth-order valence-corrected chi connectivity index (χ4v) is 3.06. The van der Waals surface area contributed by atoms with E-state index in [2.05, 4.69) is 39.7 Å².